The second kappa shape index (κ2) is 4.78. The van der Waals surface area contributed by atoms with Gasteiger partial charge in [-0.3, -0.25) is 0 Å². The number of benzene rings is 2. The topological polar surface area (TPSA) is 43.8 Å². The summed E-state index contributed by atoms with van der Waals surface area (Å²) < 4.78 is 2.30. The van der Waals surface area contributed by atoms with Gasteiger partial charge in [0, 0.05) is 23.2 Å². The number of fused-ring (bicyclic) bond motifs is 1. The van der Waals surface area contributed by atoms with Gasteiger partial charge in [0.15, 0.2) is 0 Å². The molecule has 0 radical (unpaired) electrons. The summed E-state index contributed by atoms with van der Waals surface area (Å²) >= 11 is 6.10. The van der Waals surface area contributed by atoms with E-state index in [-0.39, 0.29) is 0 Å². The number of nitrogen functional groups attached to an aromatic ring is 1. The first-order valence-electron chi connectivity index (χ1n) is 7.21. The molecule has 0 saturated heterocycles. The van der Waals surface area contributed by atoms with Gasteiger partial charge in [-0.05, 0) is 48.7 Å². The van der Waals surface area contributed by atoms with Gasteiger partial charge in [-0.15, -0.1) is 0 Å². The van der Waals surface area contributed by atoms with Crippen molar-refractivity contribution in [2.75, 3.05) is 5.73 Å². The molecule has 21 heavy (non-hydrogen) atoms. The van der Waals surface area contributed by atoms with E-state index in [0.29, 0.717) is 5.92 Å². The summed E-state index contributed by atoms with van der Waals surface area (Å²) in [7, 11) is 0. The number of hydrogen-bond acceptors (Lipinski definition) is 2. The number of nitrogens with two attached hydrogens (primary N) is 1. The highest BCUT2D eigenvalue weighted by Gasteiger charge is 2.29. The number of hydrogen-bond donors (Lipinski definition) is 1. The highest BCUT2D eigenvalue weighted by atomic mass is 35.5. The van der Waals surface area contributed by atoms with Gasteiger partial charge in [-0.25, -0.2) is 4.98 Å². The normalized spacial score (nSPS) is 14.7. The lowest BCUT2D eigenvalue weighted by atomic mass is 10.2. The zero-order valence-electron chi connectivity index (χ0n) is 11.6. The maximum atomic E-state index is 6.10. The van der Waals surface area contributed by atoms with E-state index >= 15 is 0 Å². The predicted octanol–water partition coefficient (Wildman–Crippen LogP) is 4.20. The van der Waals surface area contributed by atoms with E-state index in [9.17, 15) is 0 Å². The van der Waals surface area contributed by atoms with Crippen molar-refractivity contribution in [1.82, 2.24) is 9.55 Å². The van der Waals surface area contributed by atoms with E-state index in [0.717, 1.165) is 28.3 Å². The van der Waals surface area contributed by atoms with Crippen molar-refractivity contribution >= 4 is 28.3 Å². The first kappa shape index (κ1) is 12.7. The Kier molecular flexibility index (Phi) is 2.89. The third kappa shape index (κ3) is 2.38. The van der Waals surface area contributed by atoms with E-state index in [4.69, 9.17) is 22.3 Å². The molecule has 0 aliphatic heterocycles. The van der Waals surface area contributed by atoms with Gasteiger partial charge in [0.2, 0.25) is 0 Å². The van der Waals surface area contributed by atoms with Crippen LogP contribution in [0.2, 0.25) is 5.02 Å². The highest BCUT2D eigenvalue weighted by molar-refractivity contribution is 6.30. The SMILES string of the molecule is Nc1ccc2c(c1)nc(C1CC1)n2Cc1cccc(Cl)c1. The van der Waals surface area contributed by atoms with E-state index in [1.807, 2.05) is 30.3 Å². The molecule has 2 N–H and O–H groups in total. The van der Waals surface area contributed by atoms with Gasteiger partial charge in [-0.1, -0.05) is 23.7 Å². The summed E-state index contributed by atoms with van der Waals surface area (Å²) in [5, 5.41) is 0.772. The standard InChI is InChI=1S/C17H16ClN3/c18-13-3-1-2-11(8-13)10-21-16-7-6-14(19)9-15(16)20-17(21)12-4-5-12/h1-3,6-9,12H,4-5,10,19H2. The molecule has 3 aromatic rings. The molecular formula is C17H16ClN3. The van der Waals surface area contributed by atoms with Crippen LogP contribution in [-0.2, 0) is 6.54 Å². The number of aromatic nitrogens is 2. The second-order valence-corrected chi connectivity index (χ2v) is 6.14. The van der Waals surface area contributed by atoms with E-state index < -0.39 is 0 Å². The summed E-state index contributed by atoms with van der Waals surface area (Å²) in [4.78, 5) is 4.80. The molecule has 4 rings (SSSR count). The fourth-order valence-electron chi connectivity index (χ4n) is 2.80. The van der Waals surface area contributed by atoms with Crippen molar-refractivity contribution in [2.24, 2.45) is 0 Å². The van der Waals surface area contributed by atoms with E-state index in [1.54, 1.807) is 0 Å². The van der Waals surface area contributed by atoms with Crippen molar-refractivity contribution in [3.05, 3.63) is 58.9 Å². The van der Waals surface area contributed by atoms with E-state index in [2.05, 4.69) is 16.7 Å². The van der Waals surface area contributed by atoms with Gasteiger partial charge in [0.1, 0.15) is 5.82 Å². The molecule has 2 aromatic carbocycles. The van der Waals surface area contributed by atoms with Gasteiger partial charge in [0.25, 0.3) is 0 Å². The smallest absolute Gasteiger partial charge is 0.113 e. The molecule has 0 bridgehead atoms. The molecule has 1 fully saturated rings. The summed E-state index contributed by atoms with van der Waals surface area (Å²) in [5.74, 6) is 1.77. The largest absolute Gasteiger partial charge is 0.399 e. The first-order chi connectivity index (χ1) is 10.2. The van der Waals surface area contributed by atoms with Gasteiger partial charge in [0.05, 0.1) is 11.0 Å². The molecule has 1 aliphatic rings. The molecule has 0 amide bonds. The Morgan fingerprint density at radius 1 is 1.19 bits per heavy atom. The number of halogens is 1. The average Bonchev–Trinajstić information content (AvgIpc) is 3.23. The summed E-state index contributed by atoms with van der Waals surface area (Å²) in [6, 6.07) is 14.0. The number of anilines is 1. The fourth-order valence-corrected chi connectivity index (χ4v) is 3.02. The lowest BCUT2D eigenvalue weighted by Gasteiger charge is -2.09. The van der Waals surface area contributed by atoms with Crippen LogP contribution < -0.4 is 5.73 Å². The molecule has 1 aliphatic carbocycles. The Morgan fingerprint density at radius 2 is 2.05 bits per heavy atom. The van der Waals surface area contributed by atoms with Crippen LogP contribution in [0, 0.1) is 0 Å². The Labute approximate surface area is 128 Å². The lowest BCUT2D eigenvalue weighted by molar-refractivity contribution is 0.747. The van der Waals surface area contributed by atoms with Gasteiger partial charge in [-0.2, -0.15) is 0 Å². The minimum absolute atomic E-state index is 0.595. The van der Waals surface area contributed by atoms with Crippen LogP contribution in [0.15, 0.2) is 42.5 Å². The Bertz CT molecular complexity index is 818. The van der Waals surface area contributed by atoms with Gasteiger partial charge >= 0.3 is 0 Å². The van der Waals surface area contributed by atoms with Crippen LogP contribution in [0.5, 0.6) is 0 Å². The third-order valence-electron chi connectivity index (χ3n) is 3.97. The van der Waals surface area contributed by atoms with Crippen molar-refractivity contribution in [1.29, 1.82) is 0 Å². The molecule has 1 heterocycles. The molecule has 1 saturated carbocycles. The third-order valence-corrected chi connectivity index (χ3v) is 4.21. The lowest BCUT2D eigenvalue weighted by Crippen LogP contribution is -2.04. The quantitative estimate of drug-likeness (QED) is 0.736. The number of rotatable bonds is 3. The Balaban J connectivity index is 1.84. The van der Waals surface area contributed by atoms with Gasteiger partial charge < -0.3 is 10.3 Å². The zero-order chi connectivity index (χ0) is 14.4. The van der Waals surface area contributed by atoms with Crippen LogP contribution in [0.1, 0.15) is 30.1 Å². The van der Waals surface area contributed by atoms with Crippen LogP contribution in [0.25, 0.3) is 11.0 Å². The van der Waals surface area contributed by atoms with Crippen molar-refractivity contribution < 1.29 is 0 Å². The van der Waals surface area contributed by atoms with E-state index in [1.165, 1.54) is 24.2 Å². The molecular weight excluding hydrogens is 282 g/mol. The fraction of sp³-hybridized carbons (Fsp3) is 0.235. The van der Waals surface area contributed by atoms with Crippen molar-refractivity contribution in [2.45, 2.75) is 25.3 Å². The molecule has 3 nitrogen and oxygen atoms in total. The molecule has 106 valence electrons. The predicted molar refractivity (Wildman–Crippen MR) is 86.7 cm³/mol. The summed E-state index contributed by atoms with van der Waals surface area (Å²) in [6.45, 7) is 0.798. The maximum Gasteiger partial charge on any atom is 0.113 e. The van der Waals surface area contributed by atoms with Crippen LogP contribution >= 0.6 is 11.6 Å². The monoisotopic (exact) mass is 297 g/mol. The first-order valence-corrected chi connectivity index (χ1v) is 7.58. The Hall–Kier alpha value is -2.00. The highest BCUT2D eigenvalue weighted by Crippen LogP contribution is 2.41. The molecule has 1 aromatic heterocycles. The van der Waals surface area contributed by atoms with Crippen LogP contribution in [0.4, 0.5) is 5.69 Å². The molecule has 0 spiro atoms. The molecule has 0 unspecified atom stereocenters. The minimum Gasteiger partial charge on any atom is -0.399 e. The second-order valence-electron chi connectivity index (χ2n) is 5.71. The average molecular weight is 298 g/mol. The maximum absolute atomic E-state index is 6.10. The van der Waals surface area contributed by atoms with Crippen molar-refractivity contribution in [3.8, 4) is 0 Å². The number of imidazole rings is 1. The molecule has 0 atom stereocenters. The van der Waals surface area contributed by atoms with Crippen molar-refractivity contribution in [3.63, 3.8) is 0 Å². The summed E-state index contributed by atoms with van der Waals surface area (Å²) in [6.07, 6.45) is 2.46. The summed E-state index contributed by atoms with van der Waals surface area (Å²) in [5.41, 5.74) is 9.97. The zero-order valence-corrected chi connectivity index (χ0v) is 12.3. The minimum atomic E-state index is 0.595. The number of nitrogens with zero attached hydrogens (tertiary/aromatic N) is 2. The van der Waals surface area contributed by atoms with Crippen LogP contribution in [0.3, 0.4) is 0 Å². The van der Waals surface area contributed by atoms with Crippen LogP contribution in [-0.4, -0.2) is 9.55 Å². The Morgan fingerprint density at radius 3 is 2.81 bits per heavy atom. The molecule has 4 heteroatoms.